The molecule has 2 aliphatic heterocycles. The number of hydrogen-bond acceptors (Lipinski definition) is 7. The first-order valence-corrected chi connectivity index (χ1v) is 15.8. The molecule has 4 aromatic rings. The van der Waals surface area contributed by atoms with Crippen LogP contribution in [0.3, 0.4) is 0 Å². The minimum atomic E-state index is -0.116. The van der Waals surface area contributed by atoms with Crippen LogP contribution in [0.1, 0.15) is 57.7 Å². The summed E-state index contributed by atoms with van der Waals surface area (Å²) in [5.41, 5.74) is 3.21. The number of ether oxygens (including phenoxy) is 1. The zero-order valence-electron chi connectivity index (χ0n) is 25.9. The van der Waals surface area contributed by atoms with Gasteiger partial charge in [0, 0.05) is 64.1 Å². The van der Waals surface area contributed by atoms with Crippen molar-refractivity contribution >= 4 is 11.8 Å². The molecule has 1 saturated heterocycles. The molecule has 0 radical (unpaired) electrons. The zero-order valence-corrected chi connectivity index (χ0v) is 25.9. The highest BCUT2D eigenvalue weighted by Gasteiger charge is 2.38. The van der Waals surface area contributed by atoms with Crippen molar-refractivity contribution < 1.29 is 14.3 Å². The molecule has 234 valence electrons. The number of carbonyl (C=O) groups excluding carboxylic acids is 2. The number of hydrogen-bond donors (Lipinski definition) is 0. The molecule has 6 rings (SSSR count). The van der Waals surface area contributed by atoms with Crippen molar-refractivity contribution in [2.45, 2.75) is 38.8 Å². The Bertz CT molecular complexity index is 1570. The Balaban J connectivity index is 1.26. The first kappa shape index (κ1) is 30.5. The highest BCUT2D eigenvalue weighted by atomic mass is 16.5. The van der Waals surface area contributed by atoms with Gasteiger partial charge in [0.2, 0.25) is 0 Å². The lowest BCUT2D eigenvalue weighted by atomic mass is 9.75. The number of fused-ring (bicyclic) bond motifs is 1. The number of carbonyl (C=O) groups is 2. The molecule has 1 spiro atoms. The van der Waals surface area contributed by atoms with E-state index in [0.717, 1.165) is 56.4 Å². The van der Waals surface area contributed by atoms with Crippen LogP contribution in [0.15, 0.2) is 85.3 Å². The summed E-state index contributed by atoms with van der Waals surface area (Å²) < 4.78 is 8.10. The monoisotopic (exact) mass is 607 g/mol. The van der Waals surface area contributed by atoms with Crippen LogP contribution in [0, 0.1) is 5.41 Å². The van der Waals surface area contributed by atoms with Gasteiger partial charge in [0.05, 0.1) is 18.4 Å². The minimum Gasteiger partial charge on any atom is -0.492 e. The fraction of sp³-hybridized carbons (Fsp3) is 0.400. The van der Waals surface area contributed by atoms with E-state index in [0.29, 0.717) is 49.8 Å². The quantitative estimate of drug-likeness (QED) is 0.331. The summed E-state index contributed by atoms with van der Waals surface area (Å²) in [7, 11) is 1.74. The van der Waals surface area contributed by atoms with Crippen molar-refractivity contribution in [1.29, 1.82) is 0 Å². The van der Waals surface area contributed by atoms with Crippen LogP contribution >= 0.6 is 0 Å². The Kier molecular flexibility index (Phi) is 9.49. The Morgan fingerprint density at radius 1 is 0.844 bits per heavy atom. The topological polar surface area (TPSA) is 96.7 Å². The summed E-state index contributed by atoms with van der Waals surface area (Å²) in [6, 6.07) is 21.8. The lowest BCUT2D eigenvalue weighted by Gasteiger charge is -2.42. The van der Waals surface area contributed by atoms with E-state index < -0.39 is 0 Å². The average molecular weight is 608 g/mol. The number of nitrogens with zero attached hydrogens (tertiary/aromatic N) is 7. The Hall–Kier alpha value is -4.57. The van der Waals surface area contributed by atoms with Crippen molar-refractivity contribution in [3.05, 3.63) is 108 Å². The number of pyridine rings is 1. The number of aryl methyl sites for hydroxylation is 1. The van der Waals surface area contributed by atoms with Gasteiger partial charge in [-0.25, -0.2) is 4.68 Å². The molecule has 0 atom stereocenters. The molecule has 0 unspecified atom stereocenters. The molecule has 2 aliphatic rings. The number of para-hydroxylation sites is 1. The van der Waals surface area contributed by atoms with Gasteiger partial charge in [-0.3, -0.25) is 19.5 Å². The van der Waals surface area contributed by atoms with Gasteiger partial charge in [-0.15, -0.1) is 5.10 Å². The van der Waals surface area contributed by atoms with E-state index in [9.17, 15) is 9.59 Å². The third-order valence-corrected chi connectivity index (χ3v) is 9.20. The van der Waals surface area contributed by atoms with Gasteiger partial charge in [-0.2, -0.15) is 0 Å². The number of likely N-dealkylation sites (tertiary alicyclic amines) is 1. The fourth-order valence-electron chi connectivity index (χ4n) is 6.48. The third-order valence-electron chi connectivity index (χ3n) is 9.20. The Labute approximate surface area is 264 Å². The summed E-state index contributed by atoms with van der Waals surface area (Å²) in [4.78, 5) is 38.0. The molecule has 0 aliphatic carbocycles. The number of aromatic nitrogens is 4. The van der Waals surface area contributed by atoms with Crippen molar-refractivity contribution in [3.63, 3.8) is 0 Å². The maximum absolute atomic E-state index is 14.2. The molecule has 10 nitrogen and oxygen atoms in total. The molecule has 0 bridgehead atoms. The highest BCUT2D eigenvalue weighted by molar-refractivity contribution is 5.97. The summed E-state index contributed by atoms with van der Waals surface area (Å²) in [5, 5.41) is 7.82. The molecule has 2 amide bonds. The van der Waals surface area contributed by atoms with E-state index >= 15 is 0 Å². The predicted molar refractivity (Wildman–Crippen MR) is 170 cm³/mol. The van der Waals surface area contributed by atoms with Gasteiger partial charge in [0.1, 0.15) is 11.4 Å². The molecular formula is C35H41N7O3. The zero-order chi connectivity index (χ0) is 31.1. The van der Waals surface area contributed by atoms with E-state index in [4.69, 9.17) is 4.74 Å². The van der Waals surface area contributed by atoms with E-state index in [-0.39, 0.29) is 17.2 Å². The maximum Gasteiger partial charge on any atom is 0.273 e. The summed E-state index contributed by atoms with van der Waals surface area (Å²) in [6.45, 7) is 5.28. The molecular weight excluding hydrogens is 566 g/mol. The average Bonchev–Trinajstić information content (AvgIpc) is 3.51. The molecule has 2 aromatic heterocycles. The largest absolute Gasteiger partial charge is 0.492 e. The Morgan fingerprint density at radius 3 is 2.38 bits per heavy atom. The second-order valence-electron chi connectivity index (χ2n) is 12.3. The van der Waals surface area contributed by atoms with Crippen LogP contribution in [0.2, 0.25) is 0 Å². The van der Waals surface area contributed by atoms with Gasteiger partial charge >= 0.3 is 0 Å². The van der Waals surface area contributed by atoms with E-state index in [1.807, 2.05) is 64.5 Å². The van der Waals surface area contributed by atoms with Crippen LogP contribution in [0.5, 0.6) is 5.75 Å². The molecule has 0 saturated carbocycles. The molecule has 1 fully saturated rings. The lowest BCUT2D eigenvalue weighted by Crippen LogP contribution is -2.46. The summed E-state index contributed by atoms with van der Waals surface area (Å²) >= 11 is 0. The minimum absolute atomic E-state index is 0.0331. The van der Waals surface area contributed by atoms with E-state index in [1.54, 1.807) is 13.2 Å². The number of amides is 2. The van der Waals surface area contributed by atoms with E-state index in [1.165, 1.54) is 10.9 Å². The lowest BCUT2D eigenvalue weighted by molar-refractivity contribution is 0.0342. The highest BCUT2D eigenvalue weighted by Crippen LogP contribution is 2.38. The maximum atomic E-state index is 14.2. The molecule has 10 heteroatoms. The van der Waals surface area contributed by atoms with Crippen molar-refractivity contribution in [2.24, 2.45) is 12.5 Å². The van der Waals surface area contributed by atoms with Crippen LogP contribution in [0.4, 0.5) is 0 Å². The van der Waals surface area contributed by atoms with Gasteiger partial charge in [0.15, 0.2) is 0 Å². The molecule has 2 aromatic carbocycles. The summed E-state index contributed by atoms with van der Waals surface area (Å²) in [5.74, 6) is 0.542. The van der Waals surface area contributed by atoms with Crippen LogP contribution in [0.25, 0.3) is 0 Å². The van der Waals surface area contributed by atoms with Crippen LogP contribution in [-0.4, -0.2) is 85.8 Å². The van der Waals surface area contributed by atoms with Crippen LogP contribution in [-0.2, 0) is 20.1 Å². The van der Waals surface area contributed by atoms with Gasteiger partial charge < -0.3 is 14.5 Å². The first-order valence-electron chi connectivity index (χ1n) is 15.8. The third kappa shape index (κ3) is 7.39. The normalized spacial score (nSPS) is 17.9. The number of rotatable bonds is 5. The van der Waals surface area contributed by atoms with Crippen LogP contribution < -0.4 is 4.74 Å². The predicted octanol–water partition coefficient (Wildman–Crippen LogP) is 4.45. The van der Waals surface area contributed by atoms with Crippen molar-refractivity contribution in [2.75, 3.05) is 39.3 Å². The number of benzene rings is 2. The summed E-state index contributed by atoms with van der Waals surface area (Å²) in [6.07, 6.45) is 8.84. The smallest absolute Gasteiger partial charge is 0.273 e. The van der Waals surface area contributed by atoms with Gasteiger partial charge in [0.25, 0.3) is 11.8 Å². The fourth-order valence-corrected chi connectivity index (χ4v) is 6.48. The van der Waals surface area contributed by atoms with Crippen molar-refractivity contribution in [1.82, 2.24) is 34.7 Å². The first-order chi connectivity index (χ1) is 22.0. The van der Waals surface area contributed by atoms with E-state index in [2.05, 4.69) is 38.4 Å². The SMILES string of the molecule is Cn1nncc1C(=O)N1CCC2(CCCN(Cc3cccnc3)CCN(Cc3ccccc3)C(=O)c3ccccc3OC2)CC1. The molecule has 4 heterocycles. The second kappa shape index (κ2) is 14.0. The Morgan fingerprint density at radius 2 is 1.62 bits per heavy atom. The standard InChI is InChI=1S/C35H41N7O3/c1-39-31(24-37-38-39)34(44)41-19-15-35(16-20-41)14-8-18-40(25-29-11-7-17-36-23-29)21-22-42(26-28-9-3-2-4-10-28)33(43)30-12-5-6-13-32(30)45-27-35/h2-7,9-13,17,23-24H,8,14-16,18-22,25-27H2,1H3. The molecule has 0 N–H and O–H groups in total. The van der Waals surface area contributed by atoms with Crippen molar-refractivity contribution in [3.8, 4) is 5.75 Å². The second-order valence-corrected chi connectivity index (χ2v) is 12.3. The van der Waals surface area contributed by atoms with Gasteiger partial charge in [-0.1, -0.05) is 53.7 Å². The van der Waals surface area contributed by atoms with Gasteiger partial charge in [-0.05, 0) is 61.6 Å². The molecule has 45 heavy (non-hydrogen) atoms. The number of piperidine rings is 1.